The van der Waals surface area contributed by atoms with E-state index >= 15 is 0 Å². The van der Waals surface area contributed by atoms with E-state index in [0.717, 1.165) is 19.3 Å². The molecular weight excluding hydrogens is 310 g/mol. The molecule has 0 aliphatic carbocycles. The van der Waals surface area contributed by atoms with Gasteiger partial charge < -0.3 is 18.9 Å². The van der Waals surface area contributed by atoms with E-state index in [-0.39, 0.29) is 18.2 Å². The summed E-state index contributed by atoms with van der Waals surface area (Å²) in [6, 6.07) is 5.80. The predicted molar refractivity (Wildman–Crippen MR) is 88.7 cm³/mol. The van der Waals surface area contributed by atoms with E-state index in [4.69, 9.17) is 18.9 Å². The number of hydrogen-bond acceptors (Lipinski definition) is 6. The van der Waals surface area contributed by atoms with E-state index < -0.39 is 0 Å². The van der Waals surface area contributed by atoms with Crippen molar-refractivity contribution in [3.05, 3.63) is 23.8 Å². The Bertz CT molecular complexity index is 605. The average Bonchev–Trinajstić information content (AvgIpc) is 2.78. The molecule has 0 saturated carbocycles. The van der Waals surface area contributed by atoms with Crippen LogP contribution in [0.15, 0.2) is 18.2 Å². The van der Waals surface area contributed by atoms with E-state index in [9.17, 15) is 4.79 Å². The molecule has 2 heterocycles. The van der Waals surface area contributed by atoms with Gasteiger partial charge in [-0.1, -0.05) is 0 Å². The molecule has 0 aromatic heterocycles. The lowest BCUT2D eigenvalue weighted by Gasteiger charge is -2.36. The van der Waals surface area contributed by atoms with Crippen LogP contribution < -0.4 is 9.47 Å². The molecule has 0 amide bonds. The quantitative estimate of drug-likeness (QED) is 0.768. The third-order valence-corrected chi connectivity index (χ3v) is 5.27. The second kappa shape index (κ2) is 6.99. The molecule has 24 heavy (non-hydrogen) atoms. The van der Waals surface area contributed by atoms with Gasteiger partial charge >= 0.3 is 5.97 Å². The minimum absolute atomic E-state index is 0.0723. The summed E-state index contributed by atoms with van der Waals surface area (Å²) < 4.78 is 21.8. The van der Waals surface area contributed by atoms with E-state index in [2.05, 4.69) is 11.9 Å². The molecule has 6 heteroatoms. The lowest BCUT2D eigenvalue weighted by atomic mass is 10.00. The monoisotopic (exact) mass is 335 g/mol. The highest BCUT2D eigenvalue weighted by atomic mass is 16.5. The first-order valence-electron chi connectivity index (χ1n) is 8.25. The SMILES string of the molecule is COc1ccc(C(=O)OC2CC3CC(OC)C(C2)N3C)cc1OC. The highest BCUT2D eigenvalue weighted by Gasteiger charge is 2.46. The van der Waals surface area contributed by atoms with Crippen molar-refractivity contribution >= 4 is 5.97 Å². The fraction of sp³-hybridized carbons (Fsp3) is 0.611. The van der Waals surface area contributed by atoms with Crippen molar-refractivity contribution in [2.24, 2.45) is 0 Å². The first-order valence-corrected chi connectivity index (χ1v) is 8.25. The number of piperidine rings is 1. The van der Waals surface area contributed by atoms with Crippen LogP contribution in [-0.4, -0.2) is 63.5 Å². The van der Waals surface area contributed by atoms with Crippen LogP contribution in [-0.2, 0) is 9.47 Å². The van der Waals surface area contributed by atoms with Gasteiger partial charge in [-0.3, -0.25) is 4.90 Å². The van der Waals surface area contributed by atoms with Crippen LogP contribution in [0.25, 0.3) is 0 Å². The van der Waals surface area contributed by atoms with Gasteiger partial charge in [0.05, 0.1) is 25.9 Å². The number of ether oxygens (including phenoxy) is 4. The Morgan fingerprint density at radius 3 is 2.50 bits per heavy atom. The zero-order chi connectivity index (χ0) is 17.3. The zero-order valence-electron chi connectivity index (χ0n) is 14.7. The Labute approximate surface area is 142 Å². The van der Waals surface area contributed by atoms with Gasteiger partial charge in [0.15, 0.2) is 11.5 Å². The van der Waals surface area contributed by atoms with Crippen molar-refractivity contribution < 1.29 is 23.7 Å². The molecule has 6 nitrogen and oxygen atoms in total. The zero-order valence-corrected chi connectivity index (χ0v) is 14.7. The van der Waals surface area contributed by atoms with Crippen LogP contribution >= 0.6 is 0 Å². The minimum Gasteiger partial charge on any atom is -0.493 e. The molecule has 3 rings (SSSR count). The number of benzene rings is 1. The number of fused-ring (bicyclic) bond motifs is 2. The maximum Gasteiger partial charge on any atom is 0.338 e. The van der Waals surface area contributed by atoms with Gasteiger partial charge in [0.25, 0.3) is 0 Å². The van der Waals surface area contributed by atoms with Crippen LogP contribution in [0.2, 0.25) is 0 Å². The summed E-state index contributed by atoms with van der Waals surface area (Å²) in [7, 11) is 6.99. The number of methoxy groups -OCH3 is 3. The molecule has 2 fully saturated rings. The fourth-order valence-corrected chi connectivity index (χ4v) is 3.91. The second-order valence-corrected chi connectivity index (χ2v) is 6.46. The van der Waals surface area contributed by atoms with Gasteiger partial charge in [0.2, 0.25) is 0 Å². The molecule has 2 bridgehead atoms. The topological polar surface area (TPSA) is 57.2 Å². The largest absolute Gasteiger partial charge is 0.493 e. The highest BCUT2D eigenvalue weighted by molar-refractivity contribution is 5.90. The molecule has 132 valence electrons. The minimum atomic E-state index is -0.320. The predicted octanol–water partition coefficient (Wildman–Crippen LogP) is 2.11. The van der Waals surface area contributed by atoms with Crippen molar-refractivity contribution in [1.29, 1.82) is 0 Å². The van der Waals surface area contributed by atoms with Crippen LogP contribution in [0.5, 0.6) is 11.5 Å². The first kappa shape index (κ1) is 17.0. The number of rotatable bonds is 5. The van der Waals surface area contributed by atoms with Crippen molar-refractivity contribution in [3.63, 3.8) is 0 Å². The van der Waals surface area contributed by atoms with E-state index in [0.29, 0.717) is 29.1 Å². The molecule has 0 spiro atoms. The van der Waals surface area contributed by atoms with Gasteiger partial charge in [0, 0.05) is 32.0 Å². The maximum absolute atomic E-state index is 12.5. The molecule has 1 aromatic rings. The molecular formula is C18H25NO5. The summed E-state index contributed by atoms with van der Waals surface area (Å²) in [5, 5.41) is 0. The average molecular weight is 335 g/mol. The Hall–Kier alpha value is -1.79. The van der Waals surface area contributed by atoms with Gasteiger partial charge in [0.1, 0.15) is 6.10 Å². The smallest absolute Gasteiger partial charge is 0.338 e. The molecule has 2 aliphatic rings. The Kier molecular flexibility index (Phi) is 4.96. The molecule has 1 aromatic carbocycles. The maximum atomic E-state index is 12.5. The van der Waals surface area contributed by atoms with Gasteiger partial charge in [-0.25, -0.2) is 4.79 Å². The summed E-state index contributed by atoms with van der Waals surface area (Å²) in [5.41, 5.74) is 0.474. The summed E-state index contributed by atoms with van der Waals surface area (Å²) >= 11 is 0. The van der Waals surface area contributed by atoms with Crippen molar-refractivity contribution in [2.75, 3.05) is 28.4 Å². The summed E-state index contributed by atoms with van der Waals surface area (Å²) in [4.78, 5) is 14.8. The highest BCUT2D eigenvalue weighted by Crippen LogP contribution is 2.37. The van der Waals surface area contributed by atoms with Crippen molar-refractivity contribution in [2.45, 2.75) is 43.6 Å². The van der Waals surface area contributed by atoms with Gasteiger partial charge in [-0.15, -0.1) is 0 Å². The normalized spacial score (nSPS) is 29.3. The van der Waals surface area contributed by atoms with Crippen LogP contribution in [0.4, 0.5) is 0 Å². The van der Waals surface area contributed by atoms with E-state index in [1.807, 2.05) is 0 Å². The first-order chi connectivity index (χ1) is 11.6. The number of carbonyl (C=O) groups is 1. The van der Waals surface area contributed by atoms with Crippen LogP contribution in [0.3, 0.4) is 0 Å². The summed E-state index contributed by atoms with van der Waals surface area (Å²) in [5.74, 6) is 0.794. The van der Waals surface area contributed by atoms with Crippen LogP contribution in [0.1, 0.15) is 29.6 Å². The third-order valence-electron chi connectivity index (χ3n) is 5.27. The van der Waals surface area contributed by atoms with E-state index in [1.54, 1.807) is 39.5 Å². The van der Waals surface area contributed by atoms with E-state index in [1.165, 1.54) is 0 Å². The number of likely N-dealkylation sites (N-methyl/N-ethyl adjacent to an activating group) is 1. The molecule has 0 radical (unpaired) electrons. The summed E-state index contributed by atoms with van der Waals surface area (Å²) in [6.45, 7) is 0. The molecule has 4 unspecified atom stereocenters. The number of nitrogens with zero attached hydrogens (tertiary/aromatic N) is 1. The third kappa shape index (κ3) is 3.08. The van der Waals surface area contributed by atoms with Crippen LogP contribution in [0, 0.1) is 0 Å². The molecule has 4 atom stereocenters. The number of carbonyl (C=O) groups excluding carboxylic acids is 1. The Morgan fingerprint density at radius 2 is 1.83 bits per heavy atom. The molecule has 2 aliphatic heterocycles. The lowest BCUT2D eigenvalue weighted by molar-refractivity contribution is -0.0129. The second-order valence-electron chi connectivity index (χ2n) is 6.46. The summed E-state index contributed by atoms with van der Waals surface area (Å²) in [6.07, 6.45) is 2.82. The Morgan fingerprint density at radius 1 is 1.08 bits per heavy atom. The number of esters is 1. The van der Waals surface area contributed by atoms with Gasteiger partial charge in [-0.05, 0) is 31.7 Å². The molecule has 0 N–H and O–H groups in total. The van der Waals surface area contributed by atoms with Crippen molar-refractivity contribution in [3.8, 4) is 11.5 Å². The molecule has 2 saturated heterocycles. The fourth-order valence-electron chi connectivity index (χ4n) is 3.91. The standard InChI is InChI=1S/C18H25NO5/c1-19-12-8-13(10-14(19)16(9-12)22-3)24-18(20)11-5-6-15(21-2)17(7-11)23-4/h5-7,12-14,16H,8-10H2,1-4H3. The van der Waals surface area contributed by atoms with Crippen molar-refractivity contribution in [1.82, 2.24) is 4.90 Å². The van der Waals surface area contributed by atoms with Gasteiger partial charge in [-0.2, -0.15) is 0 Å². The lowest BCUT2D eigenvalue weighted by Crippen LogP contribution is -2.45. The number of hydrogen-bond donors (Lipinski definition) is 0. The Balaban J connectivity index is 1.68.